The Balaban J connectivity index is 3.17. The van der Waals surface area contributed by atoms with Crippen molar-refractivity contribution >= 4 is 5.69 Å². The van der Waals surface area contributed by atoms with Gasteiger partial charge < -0.3 is 10.6 Å². The highest BCUT2D eigenvalue weighted by Crippen LogP contribution is 2.26. The van der Waals surface area contributed by atoms with Crippen molar-refractivity contribution < 1.29 is 4.39 Å². The van der Waals surface area contributed by atoms with E-state index in [0.29, 0.717) is 12.1 Å². The third-order valence-electron chi connectivity index (χ3n) is 2.22. The van der Waals surface area contributed by atoms with Gasteiger partial charge in [0.2, 0.25) is 0 Å². The molecule has 0 aliphatic carbocycles. The summed E-state index contributed by atoms with van der Waals surface area (Å²) >= 11 is 0. The van der Waals surface area contributed by atoms with Crippen LogP contribution in [-0.4, -0.2) is 13.6 Å². The molecule has 0 radical (unpaired) electrons. The van der Waals surface area contributed by atoms with Crippen LogP contribution in [0.15, 0.2) is 18.2 Å². The minimum Gasteiger partial charge on any atom is -0.363 e. The predicted molar refractivity (Wildman–Crippen MR) is 61.1 cm³/mol. The van der Waals surface area contributed by atoms with Crippen LogP contribution in [0.5, 0.6) is 0 Å². The highest BCUT2D eigenvalue weighted by molar-refractivity contribution is 5.55. The number of rotatable bonds is 3. The van der Waals surface area contributed by atoms with Crippen molar-refractivity contribution in [2.45, 2.75) is 13.0 Å². The molecule has 0 bridgehead atoms. The van der Waals surface area contributed by atoms with Crippen LogP contribution >= 0.6 is 0 Å². The zero-order valence-electron chi connectivity index (χ0n) is 9.00. The van der Waals surface area contributed by atoms with E-state index < -0.39 is 0 Å². The molecule has 80 valence electrons. The molecule has 3 heteroatoms. The SMILES string of the molecule is C#CCN(C)c1cccc(F)c1[C@H](C)N. The second kappa shape index (κ2) is 4.81. The first-order valence-corrected chi connectivity index (χ1v) is 4.76. The Labute approximate surface area is 89.9 Å². The van der Waals surface area contributed by atoms with Crippen LogP contribution in [0.25, 0.3) is 0 Å². The molecular weight excluding hydrogens is 191 g/mol. The molecule has 1 atom stereocenters. The van der Waals surface area contributed by atoms with E-state index in [2.05, 4.69) is 5.92 Å². The maximum absolute atomic E-state index is 13.5. The Hall–Kier alpha value is -1.53. The van der Waals surface area contributed by atoms with Crippen LogP contribution in [-0.2, 0) is 0 Å². The van der Waals surface area contributed by atoms with E-state index >= 15 is 0 Å². The summed E-state index contributed by atoms with van der Waals surface area (Å²) in [5.41, 5.74) is 6.99. The van der Waals surface area contributed by atoms with Crippen LogP contribution in [0, 0.1) is 18.2 Å². The smallest absolute Gasteiger partial charge is 0.130 e. The monoisotopic (exact) mass is 206 g/mol. The first-order chi connectivity index (χ1) is 7.07. The Kier molecular flexibility index (Phi) is 3.70. The quantitative estimate of drug-likeness (QED) is 0.765. The molecule has 2 nitrogen and oxygen atoms in total. The lowest BCUT2D eigenvalue weighted by Gasteiger charge is -2.22. The highest BCUT2D eigenvalue weighted by Gasteiger charge is 2.14. The fraction of sp³-hybridized carbons (Fsp3) is 0.333. The van der Waals surface area contributed by atoms with Crippen LogP contribution in [0.2, 0.25) is 0 Å². The maximum atomic E-state index is 13.5. The molecule has 0 saturated carbocycles. The van der Waals surface area contributed by atoms with Gasteiger partial charge in [-0.1, -0.05) is 12.0 Å². The van der Waals surface area contributed by atoms with Gasteiger partial charge in [0, 0.05) is 24.3 Å². The number of nitrogens with two attached hydrogens (primary N) is 1. The molecule has 0 unspecified atom stereocenters. The van der Waals surface area contributed by atoms with Gasteiger partial charge in [-0.3, -0.25) is 0 Å². The van der Waals surface area contributed by atoms with Crippen molar-refractivity contribution in [3.8, 4) is 12.3 Å². The zero-order valence-corrected chi connectivity index (χ0v) is 9.00. The van der Waals surface area contributed by atoms with E-state index in [1.807, 2.05) is 18.0 Å². The first kappa shape index (κ1) is 11.5. The van der Waals surface area contributed by atoms with E-state index in [1.165, 1.54) is 6.07 Å². The summed E-state index contributed by atoms with van der Waals surface area (Å²) in [5, 5.41) is 0. The fourth-order valence-electron chi connectivity index (χ4n) is 1.53. The minimum atomic E-state index is -0.346. The molecule has 0 fully saturated rings. The fourth-order valence-corrected chi connectivity index (χ4v) is 1.53. The van der Waals surface area contributed by atoms with Crippen molar-refractivity contribution in [3.05, 3.63) is 29.6 Å². The van der Waals surface area contributed by atoms with Gasteiger partial charge >= 0.3 is 0 Å². The summed E-state index contributed by atoms with van der Waals surface area (Å²) in [4.78, 5) is 1.81. The largest absolute Gasteiger partial charge is 0.363 e. The highest BCUT2D eigenvalue weighted by atomic mass is 19.1. The number of anilines is 1. The number of halogens is 1. The number of benzene rings is 1. The van der Waals surface area contributed by atoms with E-state index in [-0.39, 0.29) is 11.9 Å². The molecule has 0 aliphatic heterocycles. The van der Waals surface area contributed by atoms with Crippen LogP contribution in [0.4, 0.5) is 10.1 Å². The molecule has 1 rings (SSSR count). The van der Waals surface area contributed by atoms with Gasteiger partial charge in [0.25, 0.3) is 0 Å². The second-order valence-electron chi connectivity index (χ2n) is 3.52. The number of hydrogen-bond acceptors (Lipinski definition) is 2. The molecule has 1 aromatic rings. The standard InChI is InChI=1S/C12H15FN2/c1-4-8-15(3)11-7-5-6-10(13)12(11)9(2)14/h1,5-7,9H,8,14H2,2-3H3/t9-/m0/s1. The minimum absolute atomic E-state index is 0.286. The summed E-state index contributed by atoms with van der Waals surface area (Å²) < 4.78 is 13.5. The van der Waals surface area contributed by atoms with E-state index in [4.69, 9.17) is 12.2 Å². The van der Waals surface area contributed by atoms with Crippen molar-refractivity contribution in [2.75, 3.05) is 18.5 Å². The summed E-state index contributed by atoms with van der Waals surface area (Å²) in [6.07, 6.45) is 5.21. The normalized spacial score (nSPS) is 11.9. The van der Waals surface area contributed by atoms with Gasteiger partial charge in [-0.2, -0.15) is 0 Å². The zero-order chi connectivity index (χ0) is 11.4. The number of hydrogen-bond donors (Lipinski definition) is 1. The topological polar surface area (TPSA) is 29.3 Å². The molecule has 15 heavy (non-hydrogen) atoms. The second-order valence-corrected chi connectivity index (χ2v) is 3.52. The van der Waals surface area contributed by atoms with Gasteiger partial charge in [0.1, 0.15) is 5.82 Å². The summed E-state index contributed by atoms with van der Waals surface area (Å²) in [7, 11) is 1.82. The Morgan fingerprint density at radius 3 is 2.80 bits per heavy atom. The van der Waals surface area contributed by atoms with E-state index in [0.717, 1.165) is 5.69 Å². The molecule has 2 N–H and O–H groups in total. The van der Waals surface area contributed by atoms with Gasteiger partial charge in [0.05, 0.1) is 6.54 Å². The average Bonchev–Trinajstić information content (AvgIpc) is 2.17. The van der Waals surface area contributed by atoms with Crippen molar-refractivity contribution in [1.82, 2.24) is 0 Å². The Bertz CT molecular complexity index is 380. The number of nitrogens with zero attached hydrogens (tertiary/aromatic N) is 1. The van der Waals surface area contributed by atoms with Crippen molar-refractivity contribution in [2.24, 2.45) is 5.73 Å². The van der Waals surface area contributed by atoms with Gasteiger partial charge in [-0.15, -0.1) is 6.42 Å². The van der Waals surface area contributed by atoms with Crippen molar-refractivity contribution in [1.29, 1.82) is 0 Å². The maximum Gasteiger partial charge on any atom is 0.130 e. The van der Waals surface area contributed by atoms with Gasteiger partial charge in [-0.25, -0.2) is 4.39 Å². The summed E-state index contributed by atoms with van der Waals surface area (Å²) in [6, 6.07) is 4.54. The first-order valence-electron chi connectivity index (χ1n) is 4.76. The predicted octanol–water partition coefficient (Wildman–Crippen LogP) is 1.91. The van der Waals surface area contributed by atoms with Gasteiger partial charge in [0.15, 0.2) is 0 Å². The van der Waals surface area contributed by atoms with Crippen LogP contribution in [0.1, 0.15) is 18.5 Å². The van der Waals surface area contributed by atoms with Crippen molar-refractivity contribution in [3.63, 3.8) is 0 Å². The van der Waals surface area contributed by atoms with Gasteiger partial charge in [-0.05, 0) is 19.1 Å². The molecule has 0 saturated heterocycles. The molecule has 1 aromatic carbocycles. The lowest BCUT2D eigenvalue weighted by Crippen LogP contribution is -2.21. The third kappa shape index (κ3) is 2.48. The lowest BCUT2D eigenvalue weighted by molar-refractivity contribution is 0.593. The summed E-state index contributed by atoms with van der Waals surface area (Å²) in [5.74, 6) is 2.23. The average molecular weight is 206 g/mol. The lowest BCUT2D eigenvalue weighted by atomic mass is 10.1. The number of terminal acetylenes is 1. The third-order valence-corrected chi connectivity index (χ3v) is 2.22. The van der Waals surface area contributed by atoms with Crippen LogP contribution < -0.4 is 10.6 Å². The Morgan fingerprint density at radius 1 is 1.60 bits per heavy atom. The molecule has 0 heterocycles. The van der Waals surface area contributed by atoms with Crippen LogP contribution in [0.3, 0.4) is 0 Å². The summed E-state index contributed by atoms with van der Waals surface area (Å²) in [6.45, 7) is 2.19. The molecule has 0 amide bonds. The molecule has 0 aliphatic rings. The van der Waals surface area contributed by atoms with E-state index in [9.17, 15) is 4.39 Å². The molecular formula is C12H15FN2. The van der Waals surface area contributed by atoms with E-state index in [1.54, 1.807) is 13.0 Å². The Morgan fingerprint density at radius 2 is 2.27 bits per heavy atom. The molecule has 0 aromatic heterocycles. The molecule has 0 spiro atoms.